The van der Waals surface area contributed by atoms with Crippen molar-refractivity contribution in [1.29, 1.82) is 0 Å². The molecule has 12 nitrogen and oxygen atoms in total. The number of hydrogen-bond donors (Lipinski definition) is 3. The molecule has 5 rings (SSSR count). The minimum absolute atomic E-state index is 0.0296. The summed E-state index contributed by atoms with van der Waals surface area (Å²) in [5, 5.41) is 9.16. The molecule has 0 unspecified atom stereocenters. The number of nitrogens with zero attached hydrogens (tertiary/aromatic N) is 4. The molecule has 0 radical (unpaired) electrons. The van der Waals surface area contributed by atoms with Crippen molar-refractivity contribution in [1.82, 2.24) is 19.4 Å². The van der Waals surface area contributed by atoms with Crippen LogP contribution in [0.2, 0.25) is 10.0 Å². The molecule has 53 heavy (non-hydrogen) atoms. The lowest BCUT2D eigenvalue weighted by Crippen LogP contribution is -2.24. The van der Waals surface area contributed by atoms with Crippen molar-refractivity contribution in [3.8, 4) is 22.6 Å². The quantitative estimate of drug-likeness (QED) is 0.106. The zero-order chi connectivity index (χ0) is 38.4. The number of benzene rings is 3. The standard InChI is InChI=1S/C38H36Cl2FN7O5/c1-7-30(49)43-25-12-10-22(11-13-25)20-48-36-23(16-26(37(48)51)32-33(39)28(52-5)18-29(53-6)34(32)40)19-42-38(46-36)45-35-21(2)15-24(41)17-27(35)44-31(50)9-8-14-47(3)4/h7-13,15-19H,1,14,20H2,2-6H3,(H,43,49)(H,44,50)(H,42,45,46)/b9-8+. The second-order valence-corrected chi connectivity index (χ2v) is 12.8. The fourth-order valence-electron chi connectivity index (χ4n) is 5.40. The van der Waals surface area contributed by atoms with Gasteiger partial charge in [-0.25, -0.2) is 9.37 Å². The average Bonchev–Trinajstić information content (AvgIpc) is 3.12. The van der Waals surface area contributed by atoms with Crippen LogP contribution >= 0.6 is 23.2 Å². The lowest BCUT2D eigenvalue weighted by Gasteiger charge is -2.18. The lowest BCUT2D eigenvalue weighted by atomic mass is 10.0. The van der Waals surface area contributed by atoms with Gasteiger partial charge in [-0.15, -0.1) is 0 Å². The second kappa shape index (κ2) is 16.7. The summed E-state index contributed by atoms with van der Waals surface area (Å²) in [5.74, 6) is -0.828. The maximum atomic E-state index is 14.6. The molecular formula is C38H36Cl2FN7O5. The van der Waals surface area contributed by atoms with Gasteiger partial charge in [0, 0.05) is 41.5 Å². The summed E-state index contributed by atoms with van der Waals surface area (Å²) < 4.78 is 26.9. The Hall–Kier alpha value is -5.76. The van der Waals surface area contributed by atoms with Gasteiger partial charge in [0.05, 0.1) is 47.7 Å². The van der Waals surface area contributed by atoms with Crippen LogP contribution in [0.3, 0.4) is 0 Å². The molecule has 0 aliphatic heterocycles. The molecule has 3 N–H and O–H groups in total. The van der Waals surface area contributed by atoms with Gasteiger partial charge in [-0.3, -0.25) is 19.0 Å². The molecule has 0 saturated carbocycles. The minimum Gasteiger partial charge on any atom is -0.495 e. The Balaban J connectivity index is 1.65. The maximum Gasteiger partial charge on any atom is 0.260 e. The number of anilines is 4. The van der Waals surface area contributed by atoms with Crippen LogP contribution in [0.5, 0.6) is 11.5 Å². The van der Waals surface area contributed by atoms with Crippen molar-refractivity contribution in [3.63, 3.8) is 0 Å². The van der Waals surface area contributed by atoms with Gasteiger partial charge >= 0.3 is 0 Å². The largest absolute Gasteiger partial charge is 0.495 e. The summed E-state index contributed by atoms with van der Waals surface area (Å²) in [6.07, 6.45) is 5.72. The molecule has 2 amide bonds. The number of halogens is 3. The number of ether oxygens (including phenoxy) is 2. The van der Waals surface area contributed by atoms with Crippen LogP contribution < -0.4 is 31.0 Å². The smallest absolute Gasteiger partial charge is 0.260 e. The first-order chi connectivity index (χ1) is 25.3. The number of aryl methyl sites for hydroxylation is 1. The van der Waals surface area contributed by atoms with Gasteiger partial charge in [-0.1, -0.05) is 48.0 Å². The molecule has 0 fully saturated rings. The molecule has 274 valence electrons. The zero-order valence-electron chi connectivity index (χ0n) is 29.5. The Morgan fingerprint density at radius 3 is 2.30 bits per heavy atom. The van der Waals surface area contributed by atoms with E-state index < -0.39 is 17.3 Å². The van der Waals surface area contributed by atoms with E-state index in [0.717, 1.165) is 6.08 Å². The highest BCUT2D eigenvalue weighted by molar-refractivity contribution is 6.41. The predicted octanol–water partition coefficient (Wildman–Crippen LogP) is 7.20. The number of pyridine rings is 1. The summed E-state index contributed by atoms with van der Waals surface area (Å²) in [6.45, 7) is 5.71. The number of likely N-dealkylation sites (N-methyl/N-ethyl adjacent to an activating group) is 1. The first-order valence-corrected chi connectivity index (χ1v) is 16.8. The molecular weight excluding hydrogens is 724 g/mol. The average molecular weight is 761 g/mol. The summed E-state index contributed by atoms with van der Waals surface area (Å²) >= 11 is 13.5. The van der Waals surface area contributed by atoms with Crippen molar-refractivity contribution in [2.75, 3.05) is 50.8 Å². The van der Waals surface area contributed by atoms with Crippen LogP contribution in [0, 0.1) is 12.7 Å². The second-order valence-electron chi connectivity index (χ2n) is 12.0. The molecule has 0 saturated heterocycles. The number of carbonyl (C=O) groups excluding carboxylic acids is 2. The first-order valence-electron chi connectivity index (χ1n) is 16.1. The molecule has 0 bridgehead atoms. The van der Waals surface area contributed by atoms with Crippen LogP contribution in [0.25, 0.3) is 22.2 Å². The Morgan fingerprint density at radius 1 is 1.00 bits per heavy atom. The van der Waals surface area contributed by atoms with Gasteiger partial charge in [0.15, 0.2) is 0 Å². The van der Waals surface area contributed by atoms with E-state index in [9.17, 15) is 18.8 Å². The highest BCUT2D eigenvalue weighted by Gasteiger charge is 2.24. The number of carbonyl (C=O) groups is 2. The third-order valence-electron chi connectivity index (χ3n) is 7.95. The fourth-order valence-corrected chi connectivity index (χ4v) is 6.11. The molecule has 2 aromatic heterocycles. The van der Waals surface area contributed by atoms with Crippen molar-refractivity contribution in [3.05, 3.63) is 117 Å². The Morgan fingerprint density at radius 2 is 1.68 bits per heavy atom. The maximum absolute atomic E-state index is 14.6. The molecule has 0 spiro atoms. The summed E-state index contributed by atoms with van der Waals surface area (Å²) in [4.78, 5) is 50.2. The molecule has 15 heteroatoms. The van der Waals surface area contributed by atoms with Crippen molar-refractivity contribution >= 4 is 69.1 Å². The van der Waals surface area contributed by atoms with E-state index in [1.807, 2.05) is 19.0 Å². The highest BCUT2D eigenvalue weighted by atomic mass is 35.5. The Labute approximate surface area is 314 Å². The van der Waals surface area contributed by atoms with E-state index in [0.29, 0.717) is 34.4 Å². The summed E-state index contributed by atoms with van der Waals surface area (Å²) in [6, 6.07) is 12.5. The molecule has 2 heterocycles. The number of nitrogens with one attached hydrogen (secondary N) is 3. The molecule has 0 aliphatic rings. The minimum atomic E-state index is -0.553. The highest BCUT2D eigenvalue weighted by Crippen LogP contribution is 2.45. The SMILES string of the molecule is C=CC(=O)Nc1ccc(Cn2c(=O)c(-c3c(Cl)c(OC)cc(OC)c3Cl)cc3cnc(Nc4c(C)cc(F)cc4NC(=O)/C=C/CN(C)C)nc32)cc1. The summed E-state index contributed by atoms with van der Waals surface area (Å²) in [5.41, 5.74) is 2.27. The number of aromatic nitrogens is 3. The van der Waals surface area contributed by atoms with E-state index in [1.54, 1.807) is 43.3 Å². The van der Waals surface area contributed by atoms with E-state index in [1.165, 1.54) is 49.3 Å². The number of rotatable bonds is 13. The van der Waals surface area contributed by atoms with Crippen LogP contribution in [0.4, 0.5) is 27.4 Å². The third kappa shape index (κ3) is 8.83. The zero-order valence-corrected chi connectivity index (χ0v) is 31.0. The van der Waals surface area contributed by atoms with Crippen molar-refractivity contribution in [2.24, 2.45) is 0 Å². The van der Waals surface area contributed by atoms with Gasteiger partial charge in [-0.05, 0) is 68.6 Å². The lowest BCUT2D eigenvalue weighted by molar-refractivity contribution is -0.112. The third-order valence-corrected chi connectivity index (χ3v) is 8.70. The van der Waals surface area contributed by atoms with E-state index >= 15 is 0 Å². The number of amides is 2. The van der Waals surface area contributed by atoms with Crippen LogP contribution in [-0.4, -0.2) is 66.1 Å². The monoisotopic (exact) mass is 759 g/mol. The Bertz CT molecular complexity index is 2280. The van der Waals surface area contributed by atoms with Gasteiger partial charge in [0.25, 0.3) is 5.56 Å². The van der Waals surface area contributed by atoms with Gasteiger partial charge in [-0.2, -0.15) is 4.98 Å². The first kappa shape index (κ1) is 38.5. The molecule has 3 aromatic carbocycles. The fraction of sp³-hybridized carbons (Fsp3) is 0.184. The molecule has 0 atom stereocenters. The van der Waals surface area contributed by atoms with Gasteiger partial charge in [0.2, 0.25) is 17.8 Å². The normalized spacial score (nSPS) is 11.2. The topological polar surface area (TPSA) is 140 Å². The van der Waals surface area contributed by atoms with Gasteiger partial charge < -0.3 is 30.3 Å². The van der Waals surface area contributed by atoms with Crippen LogP contribution in [0.15, 0.2) is 84.3 Å². The Kier molecular flexibility index (Phi) is 12.1. The van der Waals surface area contributed by atoms with E-state index in [-0.39, 0.29) is 62.4 Å². The van der Waals surface area contributed by atoms with Gasteiger partial charge in [0.1, 0.15) is 23.0 Å². The van der Waals surface area contributed by atoms with Crippen LogP contribution in [0.1, 0.15) is 11.1 Å². The van der Waals surface area contributed by atoms with Crippen molar-refractivity contribution < 1.29 is 23.5 Å². The van der Waals surface area contributed by atoms with E-state index in [2.05, 4.69) is 27.5 Å². The predicted molar refractivity (Wildman–Crippen MR) is 207 cm³/mol. The van der Waals surface area contributed by atoms with Crippen molar-refractivity contribution in [2.45, 2.75) is 13.5 Å². The number of fused-ring (bicyclic) bond motifs is 1. The van der Waals surface area contributed by atoms with Crippen LogP contribution in [-0.2, 0) is 16.1 Å². The summed E-state index contributed by atoms with van der Waals surface area (Å²) in [7, 11) is 6.60. The molecule has 0 aliphatic carbocycles. The molecule has 5 aromatic rings. The number of methoxy groups -OCH3 is 2. The van der Waals surface area contributed by atoms with E-state index in [4.69, 9.17) is 37.7 Å². The number of hydrogen-bond acceptors (Lipinski definition) is 9.